The van der Waals surface area contributed by atoms with E-state index in [1.165, 1.54) is 0 Å². The molecule has 0 amide bonds. The molecule has 7 nitrogen and oxygen atoms in total. The van der Waals surface area contributed by atoms with Crippen LogP contribution in [0.4, 0.5) is 0 Å². The Morgan fingerprint density at radius 2 is 2.19 bits per heavy atom. The lowest BCUT2D eigenvalue weighted by Crippen LogP contribution is -2.33. The molecule has 0 saturated heterocycles. The topological polar surface area (TPSA) is 69.3 Å². The predicted octanol–water partition coefficient (Wildman–Crippen LogP) is 2.47. The van der Waals surface area contributed by atoms with Crippen molar-refractivity contribution < 1.29 is 4.74 Å². The summed E-state index contributed by atoms with van der Waals surface area (Å²) in [4.78, 5) is 0. The fourth-order valence-corrected chi connectivity index (χ4v) is 4.01. The van der Waals surface area contributed by atoms with E-state index in [1.807, 2.05) is 27.5 Å². The number of nitrogens with zero attached hydrogens (tertiary/aromatic N) is 5. The summed E-state index contributed by atoms with van der Waals surface area (Å²) in [6.07, 6.45) is 2.85. The third-order valence-electron chi connectivity index (χ3n) is 4.73. The van der Waals surface area contributed by atoms with Crippen LogP contribution in [0.1, 0.15) is 23.1 Å². The largest absolute Gasteiger partial charge is 0.359 e. The van der Waals surface area contributed by atoms with E-state index in [9.17, 15) is 0 Å². The minimum absolute atomic E-state index is 0.00533. The summed E-state index contributed by atoms with van der Waals surface area (Å²) in [5.41, 5.74) is 4.19. The Morgan fingerprint density at radius 1 is 1.31 bits per heavy atom. The normalized spacial score (nSPS) is 17.6. The second kappa shape index (κ2) is 6.94. The first-order valence-electron chi connectivity index (χ1n) is 9.19. The second-order valence-electron chi connectivity index (χ2n) is 8.05. The maximum Gasteiger partial charge on any atom is 0.141 e. The van der Waals surface area contributed by atoms with Gasteiger partial charge in [-0.15, -0.1) is 5.10 Å². The summed E-state index contributed by atoms with van der Waals surface area (Å²) in [6.45, 7) is 9.17. The van der Waals surface area contributed by atoms with Crippen LogP contribution in [-0.2, 0) is 17.9 Å². The standard InChI is InChI=1S/C18H26N6OSi/c1-26(2,3)11-10-25-13-24-18-15(20-22-24)7-8-19-17(18)16-12-14-6-4-5-9-23(14)21-16/h4-6,9,12,17,19H,7-8,10-11,13H2,1-3H3. The number of hydrogen-bond acceptors (Lipinski definition) is 5. The molecule has 1 N–H and O–H groups in total. The van der Waals surface area contributed by atoms with Crippen molar-refractivity contribution in [2.24, 2.45) is 0 Å². The molecule has 138 valence electrons. The highest BCUT2D eigenvalue weighted by atomic mass is 28.3. The Hall–Kier alpha value is -2.03. The van der Waals surface area contributed by atoms with Gasteiger partial charge in [-0.3, -0.25) is 0 Å². The first kappa shape index (κ1) is 17.4. The Labute approximate surface area is 154 Å². The molecule has 8 heteroatoms. The first-order chi connectivity index (χ1) is 12.5. The van der Waals surface area contributed by atoms with E-state index in [4.69, 9.17) is 9.84 Å². The average molecular weight is 371 g/mol. The van der Waals surface area contributed by atoms with Gasteiger partial charge in [-0.05, 0) is 24.2 Å². The summed E-state index contributed by atoms with van der Waals surface area (Å²) < 4.78 is 9.70. The molecule has 0 bridgehead atoms. The minimum Gasteiger partial charge on any atom is -0.359 e. The summed E-state index contributed by atoms with van der Waals surface area (Å²) >= 11 is 0. The zero-order valence-electron chi connectivity index (χ0n) is 15.6. The van der Waals surface area contributed by atoms with Crippen molar-refractivity contribution in [3.8, 4) is 0 Å². The van der Waals surface area contributed by atoms with Crippen molar-refractivity contribution in [1.82, 2.24) is 29.9 Å². The number of rotatable bonds is 6. The third-order valence-corrected chi connectivity index (χ3v) is 6.43. The van der Waals surface area contributed by atoms with E-state index in [0.29, 0.717) is 6.73 Å². The van der Waals surface area contributed by atoms with Crippen LogP contribution in [0.5, 0.6) is 0 Å². The van der Waals surface area contributed by atoms with Crippen molar-refractivity contribution in [3.63, 3.8) is 0 Å². The molecule has 1 atom stereocenters. The molecule has 0 spiro atoms. The van der Waals surface area contributed by atoms with Gasteiger partial charge in [-0.2, -0.15) is 5.10 Å². The van der Waals surface area contributed by atoms with Gasteiger partial charge in [0.05, 0.1) is 28.6 Å². The van der Waals surface area contributed by atoms with Crippen LogP contribution < -0.4 is 5.32 Å². The zero-order valence-corrected chi connectivity index (χ0v) is 16.6. The summed E-state index contributed by atoms with van der Waals surface area (Å²) in [5, 5.41) is 17.0. The highest BCUT2D eigenvalue weighted by molar-refractivity contribution is 6.76. The van der Waals surface area contributed by atoms with E-state index >= 15 is 0 Å². The average Bonchev–Trinajstić information content (AvgIpc) is 3.22. The number of ether oxygens (including phenoxy) is 1. The molecule has 0 fully saturated rings. The van der Waals surface area contributed by atoms with Crippen molar-refractivity contribution in [3.05, 3.63) is 47.5 Å². The molecule has 4 rings (SSSR count). The Kier molecular flexibility index (Phi) is 4.64. The van der Waals surface area contributed by atoms with Gasteiger partial charge in [0.1, 0.15) is 6.73 Å². The minimum atomic E-state index is -1.09. The maximum atomic E-state index is 5.91. The molecule has 1 aliphatic heterocycles. The van der Waals surface area contributed by atoms with Crippen molar-refractivity contribution in [2.75, 3.05) is 13.2 Å². The molecule has 26 heavy (non-hydrogen) atoms. The zero-order chi connectivity index (χ0) is 18.1. The van der Waals surface area contributed by atoms with Crippen molar-refractivity contribution >= 4 is 13.6 Å². The lowest BCUT2D eigenvalue weighted by molar-refractivity contribution is 0.0741. The lowest BCUT2D eigenvalue weighted by Gasteiger charge is -2.23. The lowest BCUT2D eigenvalue weighted by atomic mass is 10.0. The van der Waals surface area contributed by atoms with Gasteiger partial charge in [0.15, 0.2) is 0 Å². The summed E-state index contributed by atoms with van der Waals surface area (Å²) in [5.74, 6) is 0. The summed E-state index contributed by atoms with van der Waals surface area (Å²) in [6, 6.07) is 9.35. The van der Waals surface area contributed by atoms with E-state index in [-0.39, 0.29) is 6.04 Å². The van der Waals surface area contributed by atoms with Gasteiger partial charge in [0.25, 0.3) is 0 Å². The molecule has 0 saturated carbocycles. The molecule has 3 aromatic rings. The van der Waals surface area contributed by atoms with Crippen molar-refractivity contribution in [1.29, 1.82) is 0 Å². The van der Waals surface area contributed by atoms with Crippen LogP contribution in [0.2, 0.25) is 25.7 Å². The van der Waals surface area contributed by atoms with Gasteiger partial charge < -0.3 is 10.1 Å². The van der Waals surface area contributed by atoms with Crippen LogP contribution in [0, 0.1) is 0 Å². The molecular formula is C18H26N6OSi. The van der Waals surface area contributed by atoms with Gasteiger partial charge >= 0.3 is 0 Å². The molecule has 4 heterocycles. The Morgan fingerprint density at radius 3 is 3.00 bits per heavy atom. The van der Waals surface area contributed by atoms with Crippen LogP contribution in [0.15, 0.2) is 30.5 Å². The monoisotopic (exact) mass is 370 g/mol. The number of nitrogens with one attached hydrogen (secondary N) is 1. The number of aromatic nitrogens is 5. The van der Waals surface area contributed by atoms with Gasteiger partial charge in [0, 0.05) is 33.8 Å². The molecule has 0 aromatic carbocycles. The Balaban J connectivity index is 1.56. The molecule has 3 aromatic heterocycles. The molecule has 0 aliphatic carbocycles. The van der Waals surface area contributed by atoms with Gasteiger partial charge in [0.2, 0.25) is 0 Å². The van der Waals surface area contributed by atoms with Gasteiger partial charge in [-0.1, -0.05) is 30.9 Å². The van der Waals surface area contributed by atoms with Crippen LogP contribution in [0.3, 0.4) is 0 Å². The molecule has 1 aliphatic rings. The van der Waals surface area contributed by atoms with Crippen molar-refractivity contribution in [2.45, 2.75) is 44.9 Å². The van der Waals surface area contributed by atoms with E-state index in [0.717, 1.165) is 48.2 Å². The molecular weight excluding hydrogens is 344 g/mol. The summed E-state index contributed by atoms with van der Waals surface area (Å²) in [7, 11) is -1.09. The van der Waals surface area contributed by atoms with Crippen LogP contribution in [-0.4, -0.2) is 45.8 Å². The highest BCUT2D eigenvalue weighted by Crippen LogP contribution is 2.27. The Bertz CT molecular complexity index is 864. The number of hydrogen-bond donors (Lipinski definition) is 1. The SMILES string of the molecule is C[Si](C)(C)CCOCn1nnc2c1C(c1cc3ccccn3n1)NCC2. The fraction of sp³-hybridized carbons (Fsp3) is 0.500. The van der Waals surface area contributed by atoms with E-state index in [2.05, 4.69) is 47.4 Å². The number of fused-ring (bicyclic) bond motifs is 2. The highest BCUT2D eigenvalue weighted by Gasteiger charge is 2.29. The maximum absolute atomic E-state index is 5.91. The molecule has 1 unspecified atom stereocenters. The van der Waals surface area contributed by atoms with E-state index in [1.54, 1.807) is 0 Å². The fourth-order valence-electron chi connectivity index (χ4n) is 3.25. The van der Waals surface area contributed by atoms with Crippen LogP contribution >= 0.6 is 0 Å². The predicted molar refractivity (Wildman–Crippen MR) is 103 cm³/mol. The van der Waals surface area contributed by atoms with Crippen LogP contribution in [0.25, 0.3) is 5.52 Å². The third kappa shape index (κ3) is 3.58. The smallest absolute Gasteiger partial charge is 0.141 e. The quantitative estimate of drug-likeness (QED) is 0.533. The number of pyridine rings is 1. The first-order valence-corrected chi connectivity index (χ1v) is 12.9. The van der Waals surface area contributed by atoms with E-state index < -0.39 is 8.07 Å². The second-order valence-corrected chi connectivity index (χ2v) is 13.7. The van der Waals surface area contributed by atoms with Gasteiger partial charge in [-0.25, -0.2) is 9.20 Å². The molecule has 0 radical (unpaired) electrons.